The first-order valence-corrected chi connectivity index (χ1v) is 3.48. The fraction of sp³-hybridized carbons (Fsp3) is 1.00. The molecule has 2 aliphatic rings. The summed E-state index contributed by atoms with van der Waals surface area (Å²) in [4.78, 5) is 0. The normalized spacial score (nSPS) is 53.4. The number of aliphatic hydroxyl groups is 1. The Morgan fingerprint density at radius 2 is 2.30 bits per heavy atom. The van der Waals surface area contributed by atoms with E-state index in [2.05, 4.69) is 0 Å². The summed E-state index contributed by atoms with van der Waals surface area (Å²) in [5.41, 5.74) is 5.59. The van der Waals surface area contributed by atoms with E-state index in [1.54, 1.807) is 0 Å². The lowest BCUT2D eigenvalue weighted by molar-refractivity contribution is -0.159. The number of nitrogens with two attached hydrogens (primary N) is 1. The van der Waals surface area contributed by atoms with Gasteiger partial charge in [0, 0.05) is 6.04 Å². The summed E-state index contributed by atoms with van der Waals surface area (Å²) in [6.07, 6.45) is -0.284. The Hall–Kier alpha value is -0.160. The zero-order valence-corrected chi connectivity index (χ0v) is 5.56. The third-order valence-corrected chi connectivity index (χ3v) is 2.03. The van der Waals surface area contributed by atoms with Gasteiger partial charge in [0.1, 0.15) is 6.10 Å². The van der Waals surface area contributed by atoms with Gasteiger partial charge >= 0.3 is 0 Å². The second-order valence-corrected chi connectivity index (χ2v) is 2.85. The minimum atomic E-state index is -0.640. The van der Waals surface area contributed by atoms with Crippen LogP contribution < -0.4 is 5.73 Å². The van der Waals surface area contributed by atoms with E-state index in [4.69, 9.17) is 15.2 Å². The molecule has 0 radical (unpaired) electrons. The van der Waals surface area contributed by atoms with E-state index in [0.29, 0.717) is 13.0 Å². The van der Waals surface area contributed by atoms with Gasteiger partial charge in [0.25, 0.3) is 0 Å². The molecular weight excluding hydrogens is 134 g/mol. The topological polar surface area (TPSA) is 64.7 Å². The molecule has 0 aliphatic carbocycles. The fourth-order valence-corrected chi connectivity index (χ4v) is 1.42. The average molecular weight is 145 g/mol. The summed E-state index contributed by atoms with van der Waals surface area (Å²) in [7, 11) is 0. The maximum absolute atomic E-state index is 9.29. The number of hydrogen-bond donors (Lipinski definition) is 2. The molecule has 4 heteroatoms. The van der Waals surface area contributed by atoms with Crippen molar-refractivity contribution in [2.24, 2.45) is 5.73 Å². The largest absolute Gasteiger partial charge is 0.386 e. The molecule has 4 nitrogen and oxygen atoms in total. The Morgan fingerprint density at radius 1 is 1.50 bits per heavy atom. The van der Waals surface area contributed by atoms with Gasteiger partial charge in [-0.15, -0.1) is 0 Å². The van der Waals surface area contributed by atoms with Crippen LogP contribution in [-0.4, -0.2) is 36.3 Å². The average Bonchev–Trinajstić information content (AvgIpc) is 2.29. The van der Waals surface area contributed by atoms with Crippen LogP contribution >= 0.6 is 0 Å². The van der Waals surface area contributed by atoms with Gasteiger partial charge in [-0.05, 0) is 6.42 Å². The van der Waals surface area contributed by atoms with Crippen molar-refractivity contribution in [2.75, 3.05) is 6.61 Å². The van der Waals surface area contributed by atoms with Gasteiger partial charge in [-0.2, -0.15) is 0 Å². The van der Waals surface area contributed by atoms with Crippen molar-refractivity contribution in [1.29, 1.82) is 0 Å². The smallest absolute Gasteiger partial charge is 0.185 e. The van der Waals surface area contributed by atoms with Crippen molar-refractivity contribution >= 4 is 0 Å². The van der Waals surface area contributed by atoms with Crippen molar-refractivity contribution in [1.82, 2.24) is 0 Å². The predicted molar refractivity (Wildman–Crippen MR) is 33.2 cm³/mol. The van der Waals surface area contributed by atoms with Gasteiger partial charge in [0.05, 0.1) is 12.7 Å². The van der Waals surface area contributed by atoms with E-state index in [9.17, 15) is 5.11 Å². The van der Waals surface area contributed by atoms with Gasteiger partial charge in [0.2, 0.25) is 0 Å². The number of fused-ring (bicyclic) bond motifs is 2. The van der Waals surface area contributed by atoms with Crippen LogP contribution in [0.15, 0.2) is 0 Å². The molecule has 58 valence electrons. The highest BCUT2D eigenvalue weighted by atomic mass is 16.7. The number of hydrogen-bond acceptors (Lipinski definition) is 4. The van der Waals surface area contributed by atoms with E-state index >= 15 is 0 Å². The van der Waals surface area contributed by atoms with Gasteiger partial charge in [0.15, 0.2) is 6.29 Å². The number of aliphatic hydroxyl groups excluding tert-OH is 1. The van der Waals surface area contributed by atoms with Crippen LogP contribution in [-0.2, 0) is 9.47 Å². The van der Waals surface area contributed by atoms with E-state index in [-0.39, 0.29) is 12.1 Å². The maximum atomic E-state index is 9.29. The standard InChI is InChI=1S/C6H11NO3/c7-4-1-3-2-9-6(10-3)5(4)8/h3-6,8H,1-2,7H2/t3-,4+,5-,6+/m0/s1. The predicted octanol–water partition coefficient (Wildman–Crippen LogP) is -1.18. The summed E-state index contributed by atoms with van der Waals surface area (Å²) in [6, 6.07) is -0.175. The quantitative estimate of drug-likeness (QED) is 0.450. The van der Waals surface area contributed by atoms with E-state index in [0.717, 1.165) is 0 Å². The fourth-order valence-electron chi connectivity index (χ4n) is 1.42. The van der Waals surface area contributed by atoms with Crippen LogP contribution in [0.5, 0.6) is 0 Å². The zero-order chi connectivity index (χ0) is 7.14. The first kappa shape index (κ1) is 6.54. The van der Waals surface area contributed by atoms with E-state index < -0.39 is 12.4 Å². The van der Waals surface area contributed by atoms with Crippen LogP contribution in [0.1, 0.15) is 6.42 Å². The molecule has 2 rings (SSSR count). The van der Waals surface area contributed by atoms with E-state index in [1.165, 1.54) is 0 Å². The molecule has 0 aromatic carbocycles. The highest BCUT2D eigenvalue weighted by Crippen LogP contribution is 2.25. The highest BCUT2D eigenvalue weighted by Gasteiger charge is 2.41. The van der Waals surface area contributed by atoms with Gasteiger partial charge in [-0.25, -0.2) is 0 Å². The summed E-state index contributed by atoms with van der Waals surface area (Å²) in [6.45, 7) is 0.579. The SMILES string of the molecule is N[C@@H]1C[C@H]2CO[C@H](O2)[C@H]1O. The van der Waals surface area contributed by atoms with Crippen LogP contribution in [0, 0.1) is 0 Å². The maximum Gasteiger partial charge on any atom is 0.185 e. The zero-order valence-electron chi connectivity index (χ0n) is 5.56. The van der Waals surface area contributed by atoms with Crippen LogP contribution in [0.25, 0.3) is 0 Å². The van der Waals surface area contributed by atoms with Gasteiger partial charge < -0.3 is 20.3 Å². The summed E-state index contributed by atoms with van der Waals surface area (Å²) in [5, 5.41) is 9.29. The monoisotopic (exact) mass is 145 g/mol. The van der Waals surface area contributed by atoms with Gasteiger partial charge in [-0.1, -0.05) is 0 Å². The van der Waals surface area contributed by atoms with Crippen molar-refractivity contribution in [3.05, 3.63) is 0 Å². The second kappa shape index (κ2) is 2.17. The Balaban J connectivity index is 2.09. The molecule has 0 aromatic rings. The Kier molecular flexibility index (Phi) is 1.42. The van der Waals surface area contributed by atoms with Gasteiger partial charge in [-0.3, -0.25) is 0 Å². The molecule has 0 aromatic heterocycles. The van der Waals surface area contributed by atoms with Crippen molar-refractivity contribution < 1.29 is 14.6 Å². The first-order chi connectivity index (χ1) is 4.77. The molecule has 0 unspecified atom stereocenters. The number of ether oxygens (including phenoxy) is 2. The molecule has 4 atom stereocenters. The number of rotatable bonds is 0. The first-order valence-electron chi connectivity index (χ1n) is 3.48. The Labute approximate surface area is 58.9 Å². The van der Waals surface area contributed by atoms with Crippen molar-refractivity contribution in [2.45, 2.75) is 31.0 Å². The summed E-state index contributed by atoms with van der Waals surface area (Å²) in [5.74, 6) is 0. The third kappa shape index (κ3) is 0.845. The van der Waals surface area contributed by atoms with Crippen molar-refractivity contribution in [3.8, 4) is 0 Å². The summed E-state index contributed by atoms with van der Waals surface area (Å²) < 4.78 is 10.3. The van der Waals surface area contributed by atoms with Crippen LogP contribution in [0.2, 0.25) is 0 Å². The Bertz CT molecular complexity index is 141. The minimum absolute atomic E-state index is 0.114. The lowest BCUT2D eigenvalue weighted by atomic mass is 10.0. The molecule has 2 aliphatic heterocycles. The third-order valence-electron chi connectivity index (χ3n) is 2.03. The molecular formula is C6H11NO3. The van der Waals surface area contributed by atoms with Crippen molar-refractivity contribution in [3.63, 3.8) is 0 Å². The molecule has 0 amide bonds. The highest BCUT2D eigenvalue weighted by molar-refractivity contribution is 4.87. The second-order valence-electron chi connectivity index (χ2n) is 2.85. The lowest BCUT2D eigenvalue weighted by Gasteiger charge is -2.28. The Morgan fingerprint density at radius 3 is 3.10 bits per heavy atom. The summed E-state index contributed by atoms with van der Waals surface area (Å²) >= 11 is 0. The molecule has 2 heterocycles. The minimum Gasteiger partial charge on any atom is -0.386 e. The molecule has 3 N–H and O–H groups in total. The molecule has 2 bridgehead atoms. The van der Waals surface area contributed by atoms with E-state index in [1.807, 2.05) is 0 Å². The van der Waals surface area contributed by atoms with Crippen LogP contribution in [0.4, 0.5) is 0 Å². The molecule has 0 spiro atoms. The molecule has 10 heavy (non-hydrogen) atoms. The molecule has 2 fully saturated rings. The van der Waals surface area contributed by atoms with Crippen LogP contribution in [0.3, 0.4) is 0 Å². The molecule has 2 saturated heterocycles. The lowest BCUT2D eigenvalue weighted by Crippen LogP contribution is -2.48. The molecule has 0 saturated carbocycles.